The topological polar surface area (TPSA) is 54.0 Å². The summed E-state index contributed by atoms with van der Waals surface area (Å²) in [6.45, 7) is 5.18. The quantitative estimate of drug-likeness (QED) is 0.506. The summed E-state index contributed by atoms with van der Waals surface area (Å²) in [6, 6.07) is 10.2. The minimum atomic E-state index is -1.65. The fraction of sp³-hybridized carbons (Fsp3) is 0.600. The lowest BCUT2D eigenvalue weighted by Gasteiger charge is -2.30. The van der Waals surface area contributed by atoms with Crippen LogP contribution in [0, 0.1) is 0 Å². The van der Waals surface area contributed by atoms with Gasteiger partial charge < -0.3 is 9.47 Å². The Labute approximate surface area is 158 Å². The zero-order valence-electron chi connectivity index (χ0n) is 15.5. The monoisotopic (exact) mass is 380 g/mol. The minimum absolute atomic E-state index is 0.0260. The first-order valence-electron chi connectivity index (χ1n) is 9.25. The predicted octanol–water partition coefficient (Wildman–Crippen LogP) is 3.86. The summed E-state index contributed by atoms with van der Waals surface area (Å²) in [7, 11) is 0. The van der Waals surface area contributed by atoms with Crippen molar-refractivity contribution in [3.63, 3.8) is 0 Å². The highest BCUT2D eigenvalue weighted by Crippen LogP contribution is 2.33. The van der Waals surface area contributed by atoms with Gasteiger partial charge in [0, 0.05) is 13.0 Å². The lowest BCUT2D eigenvalue weighted by molar-refractivity contribution is -0.0355. The molecule has 0 spiro atoms. The van der Waals surface area contributed by atoms with Gasteiger partial charge in [0.2, 0.25) is 0 Å². The van der Waals surface area contributed by atoms with Crippen molar-refractivity contribution < 1.29 is 22.0 Å². The van der Waals surface area contributed by atoms with Crippen LogP contribution in [0.5, 0.6) is 0 Å². The van der Waals surface area contributed by atoms with Crippen molar-refractivity contribution in [3.05, 3.63) is 48.0 Å². The van der Waals surface area contributed by atoms with Crippen molar-refractivity contribution in [2.45, 2.75) is 70.1 Å². The molecular formula is C20H28O5S. The van der Waals surface area contributed by atoms with Gasteiger partial charge in [0.15, 0.2) is 0 Å². The molecule has 1 fully saturated rings. The standard InChI is InChI=1S/C20H28O5S/c1-20(2)19(24-26(21)25-20)14-18-11-6-10-17(23-18)12-7-13-22-15-16-8-4-3-5-9-16/h3-6,8-9,11,17-19H,7,10,12-15H2,1-2H3/t17-,18-,19-,26?/m0/s1. The molecular weight excluding hydrogens is 352 g/mol. The summed E-state index contributed by atoms with van der Waals surface area (Å²) in [5, 5.41) is 0. The van der Waals surface area contributed by atoms with E-state index in [-0.39, 0.29) is 18.3 Å². The molecule has 1 saturated heterocycles. The van der Waals surface area contributed by atoms with Gasteiger partial charge in [0.05, 0.1) is 18.8 Å². The molecule has 6 heteroatoms. The highest BCUT2D eigenvalue weighted by molar-refractivity contribution is 7.75. The maximum atomic E-state index is 11.5. The van der Waals surface area contributed by atoms with Crippen molar-refractivity contribution in [1.29, 1.82) is 0 Å². The minimum Gasteiger partial charge on any atom is -0.377 e. The Hall–Kier alpha value is -1.05. The van der Waals surface area contributed by atoms with Crippen molar-refractivity contribution in [3.8, 4) is 0 Å². The first kappa shape index (κ1) is 19.7. The van der Waals surface area contributed by atoms with E-state index in [1.807, 2.05) is 32.0 Å². The number of hydrogen-bond donors (Lipinski definition) is 0. The molecule has 0 bridgehead atoms. The van der Waals surface area contributed by atoms with Crippen LogP contribution in [-0.4, -0.2) is 34.7 Å². The summed E-state index contributed by atoms with van der Waals surface area (Å²) in [6.07, 6.45) is 7.69. The Balaban J connectivity index is 1.35. The number of ether oxygens (including phenoxy) is 2. The SMILES string of the molecule is CC1(C)OS(=O)O[C@H]1C[C@@H]1C=CC[C@@H](CCCOCc2ccccc2)O1. The maximum Gasteiger partial charge on any atom is 0.305 e. The molecule has 2 aliphatic heterocycles. The molecule has 0 N–H and O–H groups in total. The van der Waals surface area contributed by atoms with Gasteiger partial charge in [-0.3, -0.25) is 8.37 Å². The van der Waals surface area contributed by atoms with Gasteiger partial charge in [-0.05, 0) is 38.7 Å². The van der Waals surface area contributed by atoms with Gasteiger partial charge in [0.1, 0.15) is 11.7 Å². The van der Waals surface area contributed by atoms with Crippen LogP contribution < -0.4 is 0 Å². The predicted molar refractivity (Wildman–Crippen MR) is 101 cm³/mol. The van der Waals surface area contributed by atoms with E-state index in [1.165, 1.54) is 5.56 Å². The Kier molecular flexibility index (Phi) is 7.00. The Morgan fingerprint density at radius 1 is 1.27 bits per heavy atom. The zero-order valence-corrected chi connectivity index (χ0v) is 16.3. The summed E-state index contributed by atoms with van der Waals surface area (Å²) in [5.74, 6) is 0. The van der Waals surface area contributed by atoms with E-state index in [1.54, 1.807) is 0 Å². The van der Waals surface area contributed by atoms with E-state index >= 15 is 0 Å². The van der Waals surface area contributed by atoms with E-state index in [4.69, 9.17) is 17.8 Å². The van der Waals surface area contributed by atoms with Crippen molar-refractivity contribution in [2.75, 3.05) is 6.61 Å². The molecule has 0 amide bonds. The van der Waals surface area contributed by atoms with Crippen LogP contribution in [0.15, 0.2) is 42.5 Å². The Morgan fingerprint density at radius 3 is 2.81 bits per heavy atom. The third-order valence-electron chi connectivity index (χ3n) is 4.74. The number of hydrogen-bond acceptors (Lipinski definition) is 5. The van der Waals surface area contributed by atoms with Gasteiger partial charge in [-0.15, -0.1) is 0 Å². The van der Waals surface area contributed by atoms with Crippen LogP contribution in [0.4, 0.5) is 0 Å². The second kappa shape index (κ2) is 9.24. The van der Waals surface area contributed by atoms with E-state index < -0.39 is 17.0 Å². The van der Waals surface area contributed by atoms with E-state index in [0.717, 1.165) is 25.9 Å². The second-order valence-corrected chi connectivity index (χ2v) is 8.12. The van der Waals surface area contributed by atoms with Crippen LogP contribution in [0.1, 0.15) is 45.1 Å². The Morgan fingerprint density at radius 2 is 2.08 bits per heavy atom. The molecule has 5 nitrogen and oxygen atoms in total. The zero-order chi connectivity index (χ0) is 18.4. The molecule has 2 heterocycles. The highest BCUT2D eigenvalue weighted by Gasteiger charge is 2.43. The fourth-order valence-electron chi connectivity index (χ4n) is 3.22. The second-order valence-electron chi connectivity index (χ2n) is 7.35. The molecule has 1 unspecified atom stereocenters. The van der Waals surface area contributed by atoms with E-state index in [9.17, 15) is 4.21 Å². The van der Waals surface area contributed by atoms with Gasteiger partial charge in [-0.1, -0.05) is 42.5 Å². The van der Waals surface area contributed by atoms with E-state index in [2.05, 4.69) is 24.3 Å². The maximum absolute atomic E-state index is 11.5. The smallest absolute Gasteiger partial charge is 0.305 e. The molecule has 144 valence electrons. The third kappa shape index (κ3) is 5.72. The van der Waals surface area contributed by atoms with Gasteiger partial charge in [-0.2, -0.15) is 4.21 Å². The lowest BCUT2D eigenvalue weighted by atomic mass is 9.95. The molecule has 3 rings (SSSR count). The largest absolute Gasteiger partial charge is 0.377 e. The third-order valence-corrected chi connectivity index (χ3v) is 5.70. The van der Waals surface area contributed by atoms with Gasteiger partial charge in [-0.25, -0.2) is 0 Å². The first-order valence-corrected chi connectivity index (χ1v) is 10.2. The molecule has 4 atom stereocenters. The lowest BCUT2D eigenvalue weighted by Crippen LogP contribution is -2.37. The normalized spacial score (nSPS) is 30.5. The summed E-state index contributed by atoms with van der Waals surface area (Å²) < 4.78 is 34.1. The number of benzene rings is 1. The van der Waals surface area contributed by atoms with Crippen LogP contribution in [0.3, 0.4) is 0 Å². The molecule has 0 aliphatic carbocycles. The van der Waals surface area contributed by atoms with Crippen LogP contribution >= 0.6 is 0 Å². The molecule has 1 aromatic rings. The van der Waals surface area contributed by atoms with Crippen molar-refractivity contribution in [1.82, 2.24) is 0 Å². The molecule has 2 aliphatic rings. The summed E-state index contributed by atoms with van der Waals surface area (Å²) in [5.41, 5.74) is 0.642. The Bertz CT molecular complexity index is 616. The number of rotatable bonds is 8. The molecule has 0 aromatic heterocycles. The van der Waals surface area contributed by atoms with Crippen LogP contribution in [0.2, 0.25) is 0 Å². The average molecular weight is 381 g/mol. The fourth-order valence-corrected chi connectivity index (χ4v) is 4.22. The van der Waals surface area contributed by atoms with Crippen molar-refractivity contribution >= 4 is 11.4 Å². The van der Waals surface area contributed by atoms with Crippen LogP contribution in [0.25, 0.3) is 0 Å². The molecule has 0 saturated carbocycles. The van der Waals surface area contributed by atoms with Gasteiger partial charge in [0.25, 0.3) is 0 Å². The van der Waals surface area contributed by atoms with Crippen molar-refractivity contribution in [2.24, 2.45) is 0 Å². The van der Waals surface area contributed by atoms with E-state index in [0.29, 0.717) is 13.0 Å². The first-order chi connectivity index (χ1) is 12.5. The average Bonchev–Trinajstić information content (AvgIpc) is 2.87. The van der Waals surface area contributed by atoms with Gasteiger partial charge >= 0.3 is 11.4 Å². The van der Waals surface area contributed by atoms with Crippen LogP contribution in [-0.2, 0) is 35.8 Å². The summed E-state index contributed by atoms with van der Waals surface area (Å²) in [4.78, 5) is 0. The molecule has 1 aromatic carbocycles. The molecule has 0 radical (unpaired) electrons. The molecule has 26 heavy (non-hydrogen) atoms. The highest BCUT2D eigenvalue weighted by atomic mass is 32.2. The summed E-state index contributed by atoms with van der Waals surface area (Å²) >= 11 is -1.65.